The van der Waals surface area contributed by atoms with Crippen molar-refractivity contribution in [3.63, 3.8) is 0 Å². The third kappa shape index (κ3) is 1.09. The first-order valence-electron chi connectivity index (χ1n) is 3.74. The van der Waals surface area contributed by atoms with Gasteiger partial charge in [-0.2, -0.15) is 4.79 Å². The molecule has 1 aliphatic carbocycles. The van der Waals surface area contributed by atoms with Crippen LogP contribution in [0.5, 0.6) is 0 Å². The summed E-state index contributed by atoms with van der Waals surface area (Å²) in [5.41, 5.74) is 11.4. The average Bonchev–Trinajstić information content (AvgIpc) is 2.17. The Morgan fingerprint density at radius 1 is 1.00 bits per heavy atom. The number of hydrogen-bond donors (Lipinski definition) is 0. The minimum atomic E-state index is 0.591. The smallest absolute Gasteiger partial charge is 0.300 e. The Morgan fingerprint density at radius 2 is 1.75 bits per heavy atom. The van der Waals surface area contributed by atoms with E-state index in [1.165, 1.54) is 0 Å². The second kappa shape index (κ2) is 2.76. The summed E-state index contributed by atoms with van der Waals surface area (Å²) in [6.45, 7) is 0. The standard InChI is InChI=1S/C10H7N2/c11-12-10-6-5-8-3-1-2-4-9(8)7-10/h1-7H. The highest BCUT2D eigenvalue weighted by Gasteiger charge is 2.13. The second-order valence-corrected chi connectivity index (χ2v) is 2.63. The van der Waals surface area contributed by atoms with Crippen molar-refractivity contribution >= 4 is 11.8 Å². The number of fused-ring (bicyclic) bond motifs is 1. The molecule has 0 bridgehead atoms. The van der Waals surface area contributed by atoms with Crippen molar-refractivity contribution in [1.82, 2.24) is 0 Å². The van der Waals surface area contributed by atoms with Gasteiger partial charge in [0, 0.05) is 6.08 Å². The highest BCUT2D eigenvalue weighted by molar-refractivity contribution is 6.05. The maximum Gasteiger partial charge on any atom is 0.300 e. The van der Waals surface area contributed by atoms with E-state index in [-0.39, 0.29) is 0 Å². The molecule has 0 saturated carbocycles. The first kappa shape index (κ1) is 7.01. The molecule has 0 atom stereocenters. The van der Waals surface area contributed by atoms with Crippen LogP contribution in [-0.2, 0) is 0 Å². The van der Waals surface area contributed by atoms with Crippen LogP contribution in [-0.4, -0.2) is 10.5 Å². The molecule has 1 aromatic rings. The minimum absolute atomic E-state index is 0.591. The van der Waals surface area contributed by atoms with Crippen molar-refractivity contribution in [3.05, 3.63) is 53.4 Å². The molecule has 1 aromatic carbocycles. The molecule has 0 heterocycles. The summed E-state index contributed by atoms with van der Waals surface area (Å²) in [4.78, 5) is 3.12. The molecule has 12 heavy (non-hydrogen) atoms. The van der Waals surface area contributed by atoms with E-state index in [4.69, 9.17) is 5.53 Å². The van der Waals surface area contributed by atoms with Crippen LogP contribution in [0.25, 0.3) is 11.6 Å². The molecule has 0 spiro atoms. The van der Waals surface area contributed by atoms with Crippen LogP contribution in [0.4, 0.5) is 0 Å². The number of rotatable bonds is 0. The van der Waals surface area contributed by atoms with Crippen LogP contribution in [0, 0.1) is 6.42 Å². The average molecular weight is 155 g/mol. The number of allylic oxidation sites excluding steroid dienone is 1. The third-order valence-corrected chi connectivity index (χ3v) is 1.85. The summed E-state index contributed by atoms with van der Waals surface area (Å²) in [6.07, 6.45) is 5.56. The summed E-state index contributed by atoms with van der Waals surface area (Å²) in [7, 11) is 0. The number of nitrogens with zero attached hydrogens (tertiary/aromatic N) is 2. The lowest BCUT2D eigenvalue weighted by Crippen LogP contribution is -2.03. The van der Waals surface area contributed by atoms with Crippen molar-refractivity contribution in [3.8, 4) is 0 Å². The van der Waals surface area contributed by atoms with Gasteiger partial charge < -0.3 is 5.53 Å². The molecule has 2 heteroatoms. The number of hydrogen-bond acceptors (Lipinski definition) is 0. The van der Waals surface area contributed by atoms with E-state index >= 15 is 0 Å². The van der Waals surface area contributed by atoms with Crippen LogP contribution in [0.3, 0.4) is 0 Å². The zero-order chi connectivity index (χ0) is 8.39. The SMILES string of the molecule is [N-]=[N+]=C1[CH]c2ccccc2C=C1. The van der Waals surface area contributed by atoms with Gasteiger partial charge in [0.1, 0.15) is 6.42 Å². The van der Waals surface area contributed by atoms with Crippen molar-refractivity contribution in [2.75, 3.05) is 0 Å². The molecule has 2 rings (SSSR count). The monoisotopic (exact) mass is 155 g/mol. The lowest BCUT2D eigenvalue weighted by atomic mass is 9.96. The third-order valence-electron chi connectivity index (χ3n) is 1.85. The van der Waals surface area contributed by atoms with Crippen molar-refractivity contribution < 1.29 is 4.79 Å². The van der Waals surface area contributed by atoms with Crippen molar-refractivity contribution in [2.45, 2.75) is 0 Å². The Bertz CT molecular complexity index is 385. The van der Waals surface area contributed by atoms with Gasteiger partial charge in [-0.05, 0) is 17.2 Å². The fraction of sp³-hybridized carbons (Fsp3) is 0. The highest BCUT2D eigenvalue weighted by Crippen LogP contribution is 2.17. The molecule has 1 radical (unpaired) electrons. The summed E-state index contributed by atoms with van der Waals surface area (Å²) in [6, 6.07) is 7.96. The first-order valence-corrected chi connectivity index (χ1v) is 3.74. The zero-order valence-electron chi connectivity index (χ0n) is 6.44. The van der Waals surface area contributed by atoms with Gasteiger partial charge in [0.2, 0.25) is 0 Å². The summed E-state index contributed by atoms with van der Waals surface area (Å²) in [5.74, 6) is 0. The molecule has 0 amide bonds. The molecule has 0 fully saturated rings. The zero-order valence-corrected chi connectivity index (χ0v) is 6.44. The Hall–Kier alpha value is -1.66. The topological polar surface area (TPSA) is 36.4 Å². The number of benzene rings is 1. The summed E-state index contributed by atoms with van der Waals surface area (Å²) in [5, 5.41) is 0. The Kier molecular flexibility index (Phi) is 1.61. The molecule has 0 unspecified atom stereocenters. The lowest BCUT2D eigenvalue weighted by molar-refractivity contribution is -0.00256. The van der Waals surface area contributed by atoms with Crippen LogP contribution >= 0.6 is 0 Å². The summed E-state index contributed by atoms with van der Waals surface area (Å²) < 4.78 is 0. The summed E-state index contributed by atoms with van der Waals surface area (Å²) >= 11 is 0. The van der Waals surface area contributed by atoms with Crippen LogP contribution in [0.1, 0.15) is 11.1 Å². The Balaban J connectivity index is 2.52. The van der Waals surface area contributed by atoms with Gasteiger partial charge in [-0.15, -0.1) is 0 Å². The van der Waals surface area contributed by atoms with E-state index in [2.05, 4.69) is 4.79 Å². The van der Waals surface area contributed by atoms with E-state index in [0.717, 1.165) is 11.1 Å². The van der Waals surface area contributed by atoms with Gasteiger partial charge in [-0.1, -0.05) is 24.3 Å². The quantitative estimate of drug-likeness (QED) is 0.405. The van der Waals surface area contributed by atoms with Gasteiger partial charge in [0.05, 0.1) is 0 Å². The van der Waals surface area contributed by atoms with Gasteiger partial charge in [-0.25, -0.2) is 0 Å². The predicted octanol–water partition coefficient (Wildman–Crippen LogP) is 1.94. The fourth-order valence-corrected chi connectivity index (χ4v) is 1.24. The van der Waals surface area contributed by atoms with E-state index in [0.29, 0.717) is 5.71 Å². The maximum atomic E-state index is 8.52. The van der Waals surface area contributed by atoms with Gasteiger partial charge in [0.25, 0.3) is 0 Å². The minimum Gasteiger partial charge on any atom is -0.361 e. The Labute approximate surface area is 70.8 Å². The predicted molar refractivity (Wildman–Crippen MR) is 47.5 cm³/mol. The van der Waals surface area contributed by atoms with Crippen LogP contribution in [0.2, 0.25) is 0 Å². The molecular formula is C10H7N2. The first-order chi connectivity index (χ1) is 5.90. The molecule has 2 nitrogen and oxygen atoms in total. The lowest BCUT2D eigenvalue weighted by Gasteiger charge is -2.04. The van der Waals surface area contributed by atoms with Gasteiger partial charge in [0.15, 0.2) is 0 Å². The van der Waals surface area contributed by atoms with Crippen LogP contribution in [0.15, 0.2) is 30.3 Å². The van der Waals surface area contributed by atoms with E-state index in [9.17, 15) is 0 Å². The maximum absolute atomic E-state index is 8.52. The molecular weight excluding hydrogens is 148 g/mol. The fourth-order valence-electron chi connectivity index (χ4n) is 1.24. The Morgan fingerprint density at radius 3 is 2.50 bits per heavy atom. The van der Waals surface area contributed by atoms with E-state index < -0.39 is 0 Å². The molecule has 0 N–H and O–H groups in total. The van der Waals surface area contributed by atoms with Crippen LogP contribution < -0.4 is 0 Å². The van der Waals surface area contributed by atoms with E-state index in [1.54, 1.807) is 6.08 Å². The molecule has 57 valence electrons. The largest absolute Gasteiger partial charge is 0.361 e. The van der Waals surface area contributed by atoms with E-state index in [1.807, 2.05) is 36.8 Å². The van der Waals surface area contributed by atoms with Crippen molar-refractivity contribution in [1.29, 1.82) is 0 Å². The van der Waals surface area contributed by atoms with Crippen molar-refractivity contribution in [2.24, 2.45) is 0 Å². The molecule has 1 aliphatic rings. The highest BCUT2D eigenvalue weighted by atomic mass is 14.8. The van der Waals surface area contributed by atoms with Gasteiger partial charge in [-0.3, -0.25) is 0 Å². The van der Waals surface area contributed by atoms with Gasteiger partial charge >= 0.3 is 5.71 Å². The normalized spacial score (nSPS) is 13.8. The second-order valence-electron chi connectivity index (χ2n) is 2.63. The molecule has 0 aliphatic heterocycles. The molecule has 0 saturated heterocycles. The molecule has 0 aromatic heterocycles.